The second-order valence-electron chi connectivity index (χ2n) is 5.04. The van der Waals surface area contributed by atoms with Crippen LogP contribution in [-0.4, -0.2) is 24.9 Å². The van der Waals surface area contributed by atoms with E-state index >= 15 is 0 Å². The largest absolute Gasteiger partial charge is 0.377 e. The van der Waals surface area contributed by atoms with Crippen LogP contribution in [0.5, 0.6) is 0 Å². The second-order valence-corrected chi connectivity index (χ2v) is 5.04. The molecule has 0 spiro atoms. The van der Waals surface area contributed by atoms with Gasteiger partial charge in [-0.2, -0.15) is 10.5 Å². The molecule has 0 saturated carbocycles. The van der Waals surface area contributed by atoms with Crippen LogP contribution in [-0.2, 0) is 9.47 Å². The highest BCUT2D eigenvalue weighted by atomic mass is 16.5. The van der Waals surface area contributed by atoms with Crippen LogP contribution in [0.3, 0.4) is 0 Å². The molecule has 4 heteroatoms. The lowest BCUT2D eigenvalue weighted by molar-refractivity contribution is -0.0451. The highest BCUT2D eigenvalue weighted by Gasteiger charge is 2.21. The quantitative estimate of drug-likeness (QED) is 0.536. The van der Waals surface area contributed by atoms with Gasteiger partial charge >= 0.3 is 0 Å². The minimum absolute atomic E-state index is 0.170. The lowest BCUT2D eigenvalue weighted by Gasteiger charge is -2.28. The molecule has 0 aliphatic carbocycles. The van der Waals surface area contributed by atoms with E-state index in [2.05, 4.69) is 26.0 Å². The number of nitriles is 2. The van der Waals surface area contributed by atoms with Gasteiger partial charge in [0.25, 0.3) is 0 Å². The third kappa shape index (κ3) is 9.47. The first-order valence-corrected chi connectivity index (χ1v) is 7.07. The molecule has 4 nitrogen and oxygen atoms in total. The van der Waals surface area contributed by atoms with Crippen molar-refractivity contribution < 1.29 is 9.47 Å². The van der Waals surface area contributed by atoms with E-state index in [0.29, 0.717) is 26.1 Å². The number of nitrogens with zero attached hydrogens (tertiary/aromatic N) is 2. The van der Waals surface area contributed by atoms with Gasteiger partial charge in [0.1, 0.15) is 0 Å². The zero-order valence-corrected chi connectivity index (χ0v) is 12.4. The van der Waals surface area contributed by atoms with Gasteiger partial charge in [-0.15, -0.1) is 0 Å². The molecule has 0 radical (unpaired) electrons. The molecule has 0 fully saturated rings. The third-order valence-electron chi connectivity index (χ3n) is 3.34. The van der Waals surface area contributed by atoms with Crippen molar-refractivity contribution in [2.45, 2.75) is 71.0 Å². The highest BCUT2D eigenvalue weighted by molar-refractivity contribution is 4.80. The van der Waals surface area contributed by atoms with Gasteiger partial charge in [0.15, 0.2) is 0 Å². The van der Waals surface area contributed by atoms with Gasteiger partial charge in [0.05, 0.1) is 36.9 Å². The molecule has 0 bridgehead atoms. The Balaban J connectivity index is 3.71. The number of hydrogen-bond acceptors (Lipinski definition) is 4. The van der Waals surface area contributed by atoms with Crippen LogP contribution in [0, 0.1) is 22.7 Å². The fourth-order valence-corrected chi connectivity index (χ4v) is 1.75. The van der Waals surface area contributed by atoms with Crippen molar-refractivity contribution >= 4 is 0 Å². The van der Waals surface area contributed by atoms with E-state index in [1.54, 1.807) is 0 Å². The minimum Gasteiger partial charge on any atom is -0.377 e. The van der Waals surface area contributed by atoms with E-state index in [-0.39, 0.29) is 11.7 Å². The molecule has 108 valence electrons. The van der Waals surface area contributed by atoms with Gasteiger partial charge in [-0.25, -0.2) is 0 Å². The van der Waals surface area contributed by atoms with Crippen molar-refractivity contribution in [1.82, 2.24) is 0 Å². The molecule has 0 aliphatic heterocycles. The van der Waals surface area contributed by atoms with Crippen LogP contribution in [0.2, 0.25) is 0 Å². The van der Waals surface area contributed by atoms with Crippen molar-refractivity contribution in [2.75, 3.05) is 13.2 Å². The Kier molecular flexibility index (Phi) is 10.2. The summed E-state index contributed by atoms with van der Waals surface area (Å²) in [4.78, 5) is 0. The zero-order valence-electron chi connectivity index (χ0n) is 12.4. The van der Waals surface area contributed by atoms with Crippen LogP contribution in [0.4, 0.5) is 0 Å². The Hall–Kier alpha value is -1.10. The Morgan fingerprint density at radius 1 is 1.16 bits per heavy atom. The molecule has 0 aliphatic rings. The summed E-state index contributed by atoms with van der Waals surface area (Å²) >= 11 is 0. The van der Waals surface area contributed by atoms with Gasteiger partial charge in [-0.3, -0.25) is 0 Å². The normalized spacial score (nSPS) is 15.2. The van der Waals surface area contributed by atoms with E-state index in [4.69, 9.17) is 20.0 Å². The van der Waals surface area contributed by atoms with Crippen molar-refractivity contribution in [3.05, 3.63) is 0 Å². The third-order valence-corrected chi connectivity index (χ3v) is 3.34. The molecular weight excluding hydrogens is 240 g/mol. The Bertz CT molecular complexity index is 306. The van der Waals surface area contributed by atoms with Crippen LogP contribution in [0.1, 0.15) is 59.3 Å². The predicted octanol–water partition coefficient (Wildman–Crippen LogP) is 3.57. The van der Waals surface area contributed by atoms with Crippen molar-refractivity contribution in [3.63, 3.8) is 0 Å². The van der Waals surface area contributed by atoms with Crippen molar-refractivity contribution in [2.24, 2.45) is 0 Å². The number of rotatable bonds is 11. The van der Waals surface area contributed by atoms with Crippen LogP contribution in [0.15, 0.2) is 0 Å². The highest BCUT2D eigenvalue weighted by Crippen LogP contribution is 2.22. The van der Waals surface area contributed by atoms with E-state index in [9.17, 15) is 0 Å². The van der Waals surface area contributed by atoms with Gasteiger partial charge in [0.2, 0.25) is 0 Å². The van der Waals surface area contributed by atoms with Gasteiger partial charge < -0.3 is 9.47 Å². The maximum Gasteiger partial charge on any atom is 0.0661 e. The molecule has 0 amide bonds. The summed E-state index contributed by atoms with van der Waals surface area (Å²) in [6.07, 6.45) is 4.74. The van der Waals surface area contributed by atoms with E-state index in [1.807, 2.05) is 6.92 Å². The summed E-state index contributed by atoms with van der Waals surface area (Å²) in [6, 6.07) is 4.23. The summed E-state index contributed by atoms with van der Waals surface area (Å²) in [7, 11) is 0. The molecule has 19 heavy (non-hydrogen) atoms. The average molecular weight is 266 g/mol. The smallest absolute Gasteiger partial charge is 0.0661 e. The topological polar surface area (TPSA) is 66.0 Å². The fraction of sp³-hybridized carbons (Fsp3) is 0.867. The summed E-state index contributed by atoms with van der Waals surface area (Å²) in [5, 5.41) is 17.0. The predicted molar refractivity (Wildman–Crippen MR) is 74.4 cm³/mol. The monoisotopic (exact) mass is 266 g/mol. The van der Waals surface area contributed by atoms with Crippen molar-refractivity contribution in [3.8, 4) is 12.1 Å². The van der Waals surface area contributed by atoms with Crippen LogP contribution in [0.25, 0.3) is 0 Å². The first kappa shape index (κ1) is 17.9. The molecule has 0 aromatic heterocycles. The molecular formula is C15H26N2O2. The lowest BCUT2D eigenvalue weighted by Crippen LogP contribution is -2.28. The van der Waals surface area contributed by atoms with Crippen LogP contribution < -0.4 is 0 Å². The summed E-state index contributed by atoms with van der Waals surface area (Å²) in [6.45, 7) is 7.38. The summed E-state index contributed by atoms with van der Waals surface area (Å²) in [5.41, 5.74) is -0.180. The van der Waals surface area contributed by atoms with E-state index in [0.717, 1.165) is 25.7 Å². The number of hydrogen-bond donors (Lipinski definition) is 0. The Labute approximate surface area is 117 Å². The summed E-state index contributed by atoms with van der Waals surface area (Å²) in [5.74, 6) is 0. The summed E-state index contributed by atoms with van der Waals surface area (Å²) < 4.78 is 11.4. The Morgan fingerprint density at radius 3 is 2.42 bits per heavy atom. The maximum atomic E-state index is 8.63. The molecule has 2 atom stereocenters. The maximum absolute atomic E-state index is 8.63. The molecule has 0 aromatic rings. The molecule has 0 rings (SSSR count). The Morgan fingerprint density at radius 2 is 1.84 bits per heavy atom. The van der Waals surface area contributed by atoms with Gasteiger partial charge in [0, 0.05) is 13.0 Å². The standard InChI is InChI=1S/C15H26N2O2/c1-4-15(3,9-6-10-16)19-13-5-8-14(2)18-12-7-11-17/h14H,4-9,12-13H2,1-3H3. The molecule has 0 saturated heterocycles. The molecule has 0 heterocycles. The van der Waals surface area contributed by atoms with Gasteiger partial charge in [-0.05, 0) is 39.5 Å². The fourth-order valence-electron chi connectivity index (χ4n) is 1.75. The first-order valence-electron chi connectivity index (χ1n) is 7.07. The van der Waals surface area contributed by atoms with Crippen LogP contribution >= 0.6 is 0 Å². The lowest BCUT2D eigenvalue weighted by atomic mass is 9.97. The SMILES string of the molecule is CCC(C)(CCC#N)OCCCC(C)OCCC#N. The zero-order chi connectivity index (χ0) is 14.6. The van der Waals surface area contributed by atoms with Crippen molar-refractivity contribution in [1.29, 1.82) is 10.5 Å². The van der Waals surface area contributed by atoms with E-state index < -0.39 is 0 Å². The first-order chi connectivity index (χ1) is 9.08. The average Bonchev–Trinajstić information content (AvgIpc) is 2.42. The second kappa shape index (κ2) is 10.8. The molecule has 0 N–H and O–H groups in total. The van der Waals surface area contributed by atoms with Gasteiger partial charge in [-0.1, -0.05) is 6.92 Å². The van der Waals surface area contributed by atoms with E-state index in [1.165, 1.54) is 0 Å². The molecule has 2 unspecified atom stereocenters. The molecule has 0 aromatic carbocycles. The minimum atomic E-state index is -0.180. The number of ether oxygens (including phenoxy) is 2.